The first-order valence-corrected chi connectivity index (χ1v) is 6.80. The van der Waals surface area contributed by atoms with Gasteiger partial charge in [-0.15, -0.1) is 24.0 Å². The molecule has 0 aliphatic rings. The monoisotopic (exact) mass is 404 g/mol. The Morgan fingerprint density at radius 2 is 1.81 bits per heavy atom. The van der Waals surface area contributed by atoms with Crippen LogP contribution in [0.3, 0.4) is 0 Å². The van der Waals surface area contributed by atoms with Crippen LogP contribution in [0.15, 0.2) is 29.3 Å². The van der Waals surface area contributed by atoms with Gasteiger partial charge in [-0.2, -0.15) is 0 Å². The largest absolute Gasteiger partial charge is 0.357 e. The number of guanidine groups is 1. The molecule has 1 aromatic rings. The second kappa shape index (κ2) is 10.4. The second-order valence-electron chi connectivity index (χ2n) is 4.82. The van der Waals surface area contributed by atoms with Gasteiger partial charge in [0.25, 0.3) is 0 Å². The standard InChI is InChI=1S/C15H24N4O.HI/c1-5-16-15(18-11-14(20)19(3)4)17-10-13-8-6-12(2)7-9-13;/h6-9H,5,10-11H2,1-4H3,(H2,16,17,18);1H. The smallest absolute Gasteiger partial charge is 0.241 e. The molecule has 0 aromatic heterocycles. The number of halogens is 1. The average Bonchev–Trinajstić information content (AvgIpc) is 2.43. The van der Waals surface area contributed by atoms with Gasteiger partial charge in [-0.1, -0.05) is 29.8 Å². The molecule has 6 heteroatoms. The first-order chi connectivity index (χ1) is 9.52. The number of hydrogen-bond donors (Lipinski definition) is 2. The van der Waals surface area contributed by atoms with E-state index in [1.54, 1.807) is 19.0 Å². The van der Waals surface area contributed by atoms with Gasteiger partial charge in [0.1, 0.15) is 0 Å². The first-order valence-electron chi connectivity index (χ1n) is 6.80. The van der Waals surface area contributed by atoms with Gasteiger partial charge < -0.3 is 15.5 Å². The number of hydrogen-bond acceptors (Lipinski definition) is 2. The molecule has 2 N–H and O–H groups in total. The summed E-state index contributed by atoms with van der Waals surface area (Å²) in [5.74, 6) is 0.675. The molecule has 0 saturated carbocycles. The van der Waals surface area contributed by atoms with E-state index in [1.807, 2.05) is 6.92 Å². The Bertz CT molecular complexity index is 457. The molecule has 0 radical (unpaired) electrons. The molecular formula is C15H25IN4O. The van der Waals surface area contributed by atoms with Crippen molar-refractivity contribution in [2.45, 2.75) is 20.4 Å². The van der Waals surface area contributed by atoms with E-state index in [4.69, 9.17) is 0 Å². The topological polar surface area (TPSA) is 56.7 Å². The van der Waals surface area contributed by atoms with Gasteiger partial charge in [0.2, 0.25) is 5.91 Å². The van der Waals surface area contributed by atoms with Gasteiger partial charge in [-0.3, -0.25) is 4.79 Å². The molecule has 1 amide bonds. The van der Waals surface area contributed by atoms with E-state index in [-0.39, 0.29) is 36.4 Å². The molecule has 0 aliphatic carbocycles. The lowest BCUT2D eigenvalue weighted by Gasteiger charge is -2.14. The van der Waals surface area contributed by atoms with Gasteiger partial charge in [0, 0.05) is 20.6 Å². The fourth-order valence-electron chi connectivity index (χ4n) is 1.52. The molecule has 0 spiro atoms. The van der Waals surface area contributed by atoms with E-state index in [2.05, 4.69) is 46.8 Å². The van der Waals surface area contributed by atoms with Gasteiger partial charge in [-0.25, -0.2) is 4.99 Å². The van der Waals surface area contributed by atoms with Crippen LogP contribution < -0.4 is 10.6 Å². The highest BCUT2D eigenvalue weighted by Crippen LogP contribution is 2.04. The average molecular weight is 404 g/mol. The van der Waals surface area contributed by atoms with Crippen LogP contribution >= 0.6 is 24.0 Å². The van der Waals surface area contributed by atoms with Crippen LogP contribution in [0.25, 0.3) is 0 Å². The maximum Gasteiger partial charge on any atom is 0.241 e. The van der Waals surface area contributed by atoms with E-state index >= 15 is 0 Å². The highest BCUT2D eigenvalue weighted by molar-refractivity contribution is 14.0. The highest BCUT2D eigenvalue weighted by Gasteiger charge is 2.05. The van der Waals surface area contributed by atoms with Crippen LogP contribution in [0.4, 0.5) is 0 Å². The third kappa shape index (κ3) is 7.89. The quantitative estimate of drug-likeness (QED) is 0.447. The van der Waals surface area contributed by atoms with Crippen molar-refractivity contribution < 1.29 is 4.79 Å². The summed E-state index contributed by atoms with van der Waals surface area (Å²) in [6, 6.07) is 8.27. The lowest BCUT2D eigenvalue weighted by atomic mass is 10.1. The third-order valence-electron chi connectivity index (χ3n) is 2.79. The zero-order valence-corrected chi connectivity index (χ0v) is 15.5. The van der Waals surface area contributed by atoms with Gasteiger partial charge >= 0.3 is 0 Å². The van der Waals surface area contributed by atoms with Crippen molar-refractivity contribution in [3.05, 3.63) is 35.4 Å². The van der Waals surface area contributed by atoms with Crippen molar-refractivity contribution in [3.63, 3.8) is 0 Å². The minimum Gasteiger partial charge on any atom is -0.357 e. The number of likely N-dealkylation sites (N-methyl/N-ethyl adjacent to an activating group) is 1. The molecule has 118 valence electrons. The minimum atomic E-state index is 0. The van der Waals surface area contributed by atoms with E-state index < -0.39 is 0 Å². The number of aryl methyl sites for hydroxylation is 1. The number of carbonyl (C=O) groups excluding carboxylic acids is 1. The summed E-state index contributed by atoms with van der Waals surface area (Å²) in [7, 11) is 3.47. The maximum absolute atomic E-state index is 11.5. The summed E-state index contributed by atoms with van der Waals surface area (Å²) in [5.41, 5.74) is 2.38. The normalized spacial score (nSPS) is 10.6. The van der Waals surface area contributed by atoms with Crippen LogP contribution in [-0.4, -0.2) is 44.0 Å². The predicted molar refractivity (Wildman–Crippen MR) is 98.1 cm³/mol. The molecule has 0 fully saturated rings. The van der Waals surface area contributed by atoms with Crippen LogP contribution in [0, 0.1) is 6.92 Å². The summed E-state index contributed by atoms with van der Waals surface area (Å²) in [5, 5.41) is 6.16. The molecular weight excluding hydrogens is 379 g/mol. The summed E-state index contributed by atoms with van der Waals surface area (Å²) < 4.78 is 0. The second-order valence-corrected chi connectivity index (χ2v) is 4.82. The lowest BCUT2D eigenvalue weighted by molar-refractivity contribution is -0.127. The number of rotatable bonds is 5. The Hall–Kier alpha value is -1.31. The van der Waals surface area contributed by atoms with Gasteiger partial charge in [-0.05, 0) is 19.4 Å². The maximum atomic E-state index is 11.5. The third-order valence-corrected chi connectivity index (χ3v) is 2.79. The summed E-state index contributed by atoms with van der Waals surface area (Å²) in [4.78, 5) is 17.6. The Morgan fingerprint density at radius 1 is 1.19 bits per heavy atom. The first kappa shape index (κ1) is 19.7. The molecule has 1 aromatic carbocycles. The van der Waals surface area contributed by atoms with Crippen molar-refractivity contribution in [2.75, 3.05) is 27.2 Å². The number of aliphatic imine (C=N–C) groups is 1. The number of nitrogens with zero attached hydrogens (tertiary/aromatic N) is 2. The Balaban J connectivity index is 0.00000400. The predicted octanol–water partition coefficient (Wildman–Crippen LogP) is 1.76. The SMILES string of the molecule is CCNC(=NCc1ccc(C)cc1)NCC(=O)N(C)C.I. The van der Waals surface area contributed by atoms with E-state index in [1.165, 1.54) is 5.56 Å². The molecule has 0 atom stereocenters. The summed E-state index contributed by atoms with van der Waals surface area (Å²) in [6.07, 6.45) is 0. The summed E-state index contributed by atoms with van der Waals surface area (Å²) >= 11 is 0. The number of carbonyl (C=O) groups is 1. The number of nitrogens with one attached hydrogen (secondary N) is 2. The fourth-order valence-corrected chi connectivity index (χ4v) is 1.52. The lowest BCUT2D eigenvalue weighted by Crippen LogP contribution is -2.42. The molecule has 1 rings (SSSR count). The molecule has 0 heterocycles. The molecule has 21 heavy (non-hydrogen) atoms. The van der Waals surface area contributed by atoms with Crippen molar-refractivity contribution in [1.29, 1.82) is 0 Å². The van der Waals surface area contributed by atoms with Crippen LogP contribution in [0.5, 0.6) is 0 Å². The molecule has 5 nitrogen and oxygen atoms in total. The number of benzene rings is 1. The molecule has 0 saturated heterocycles. The van der Waals surface area contributed by atoms with E-state index in [0.29, 0.717) is 12.5 Å². The van der Waals surface area contributed by atoms with Crippen LogP contribution in [0.2, 0.25) is 0 Å². The van der Waals surface area contributed by atoms with Gasteiger partial charge in [0.15, 0.2) is 5.96 Å². The zero-order chi connectivity index (χ0) is 15.0. The Labute approximate surface area is 144 Å². The fraction of sp³-hybridized carbons (Fsp3) is 0.467. The molecule has 0 unspecified atom stereocenters. The zero-order valence-electron chi connectivity index (χ0n) is 13.1. The Morgan fingerprint density at radius 3 is 2.33 bits per heavy atom. The highest BCUT2D eigenvalue weighted by atomic mass is 127. The van der Waals surface area contributed by atoms with Crippen molar-refractivity contribution in [3.8, 4) is 0 Å². The molecule has 0 aliphatic heterocycles. The van der Waals surface area contributed by atoms with Crippen molar-refractivity contribution in [2.24, 2.45) is 4.99 Å². The summed E-state index contributed by atoms with van der Waals surface area (Å²) in [6.45, 7) is 5.65. The minimum absolute atomic E-state index is 0. The number of amides is 1. The van der Waals surface area contributed by atoms with Crippen LogP contribution in [0.1, 0.15) is 18.1 Å². The van der Waals surface area contributed by atoms with E-state index in [9.17, 15) is 4.79 Å². The van der Waals surface area contributed by atoms with Crippen molar-refractivity contribution >= 4 is 35.8 Å². The Kier molecular flexibility index (Phi) is 9.77. The van der Waals surface area contributed by atoms with Gasteiger partial charge in [0.05, 0.1) is 13.1 Å². The van der Waals surface area contributed by atoms with Crippen molar-refractivity contribution in [1.82, 2.24) is 15.5 Å². The van der Waals surface area contributed by atoms with E-state index in [0.717, 1.165) is 12.1 Å². The van der Waals surface area contributed by atoms with Crippen LogP contribution in [-0.2, 0) is 11.3 Å². The molecule has 0 bridgehead atoms.